The van der Waals surface area contributed by atoms with Gasteiger partial charge in [0, 0.05) is 55.9 Å². The summed E-state index contributed by atoms with van der Waals surface area (Å²) in [6.07, 6.45) is 2.93. The van der Waals surface area contributed by atoms with Crippen LogP contribution in [0.5, 0.6) is 0 Å². The molecular weight excluding hydrogens is 318 g/mol. The first-order valence-corrected chi connectivity index (χ1v) is 9.30. The molecule has 1 saturated carbocycles. The van der Waals surface area contributed by atoms with Crippen LogP contribution in [0.2, 0.25) is 0 Å². The topological polar surface area (TPSA) is 74.7 Å². The minimum atomic E-state index is -0.290. The van der Waals surface area contributed by atoms with Crippen LogP contribution >= 0.6 is 0 Å². The summed E-state index contributed by atoms with van der Waals surface area (Å²) in [6, 6.07) is 5.91. The molecule has 2 N–H and O–H groups in total. The number of likely N-dealkylation sites (tertiary alicyclic amines) is 1. The lowest BCUT2D eigenvalue weighted by Gasteiger charge is -2.56. The summed E-state index contributed by atoms with van der Waals surface area (Å²) in [4.78, 5) is 18.7. The number of piperidine rings is 1. The molecule has 1 aromatic rings. The van der Waals surface area contributed by atoms with E-state index in [2.05, 4.69) is 10.3 Å². The van der Waals surface area contributed by atoms with E-state index in [-0.39, 0.29) is 23.7 Å². The summed E-state index contributed by atoms with van der Waals surface area (Å²) < 4.78 is 5.77. The molecule has 3 rings (SSSR count). The van der Waals surface area contributed by atoms with E-state index in [1.807, 2.05) is 36.9 Å². The molecule has 0 radical (unpaired) electrons. The average molecular weight is 347 g/mol. The van der Waals surface area contributed by atoms with Crippen LogP contribution in [0.25, 0.3) is 0 Å². The molecule has 2 atom stereocenters. The standard InChI is InChI=1S/C19H29N3O3/c1-3-25-17-13-16(23)19(17)8-11-22(12-9-19)18(24)20-10-7-15-6-4-5-14(2)21-15/h4-6,16-17,23H,3,7-13H2,1-2H3,(H,20,24)/t16-,17-/m0/s1. The summed E-state index contributed by atoms with van der Waals surface area (Å²) >= 11 is 0. The fourth-order valence-electron chi connectivity index (χ4n) is 4.09. The number of aryl methyl sites for hydroxylation is 1. The van der Waals surface area contributed by atoms with Crippen molar-refractivity contribution in [2.75, 3.05) is 26.2 Å². The zero-order valence-electron chi connectivity index (χ0n) is 15.2. The van der Waals surface area contributed by atoms with E-state index in [9.17, 15) is 9.90 Å². The molecule has 0 bridgehead atoms. The summed E-state index contributed by atoms with van der Waals surface area (Å²) in [5.41, 5.74) is 1.85. The molecule has 1 aromatic heterocycles. The number of nitrogens with one attached hydrogen (secondary N) is 1. The average Bonchev–Trinajstić information content (AvgIpc) is 2.62. The number of carbonyl (C=O) groups excluding carboxylic acids is 1. The summed E-state index contributed by atoms with van der Waals surface area (Å²) in [5.74, 6) is 0. The van der Waals surface area contributed by atoms with Gasteiger partial charge in [0.15, 0.2) is 0 Å². The first-order valence-electron chi connectivity index (χ1n) is 9.30. The van der Waals surface area contributed by atoms with E-state index in [4.69, 9.17) is 4.74 Å². The highest BCUT2D eigenvalue weighted by Crippen LogP contribution is 2.50. The van der Waals surface area contributed by atoms with Gasteiger partial charge >= 0.3 is 6.03 Å². The van der Waals surface area contributed by atoms with E-state index < -0.39 is 0 Å². The van der Waals surface area contributed by atoms with Gasteiger partial charge in [-0.3, -0.25) is 4.98 Å². The van der Waals surface area contributed by atoms with Crippen LogP contribution in [-0.2, 0) is 11.2 Å². The van der Waals surface area contributed by atoms with Crippen molar-refractivity contribution in [2.45, 2.75) is 51.7 Å². The van der Waals surface area contributed by atoms with Crippen LogP contribution in [0, 0.1) is 12.3 Å². The van der Waals surface area contributed by atoms with Gasteiger partial charge in [0.2, 0.25) is 0 Å². The molecule has 1 aliphatic carbocycles. The number of urea groups is 1. The molecule has 1 aliphatic heterocycles. The zero-order valence-corrected chi connectivity index (χ0v) is 15.2. The number of aliphatic hydroxyl groups is 1. The van der Waals surface area contributed by atoms with Gasteiger partial charge in [-0.05, 0) is 38.8 Å². The minimum Gasteiger partial charge on any atom is -0.392 e. The number of ether oxygens (including phenoxy) is 1. The first kappa shape index (κ1) is 18.1. The van der Waals surface area contributed by atoms with E-state index in [1.54, 1.807) is 0 Å². The second kappa shape index (κ2) is 7.70. The Morgan fingerprint density at radius 1 is 1.44 bits per heavy atom. The summed E-state index contributed by atoms with van der Waals surface area (Å²) in [6.45, 7) is 6.57. The third-order valence-corrected chi connectivity index (χ3v) is 5.69. The smallest absolute Gasteiger partial charge is 0.317 e. The SMILES string of the molecule is CCO[C@H]1C[C@H](O)C12CCN(C(=O)NCCc1cccc(C)n1)CC2. The number of aromatic nitrogens is 1. The third-order valence-electron chi connectivity index (χ3n) is 5.69. The van der Waals surface area contributed by atoms with Crippen LogP contribution < -0.4 is 5.32 Å². The lowest BCUT2D eigenvalue weighted by molar-refractivity contribution is -0.207. The normalized spacial score (nSPS) is 24.8. The fourth-order valence-corrected chi connectivity index (χ4v) is 4.09. The quantitative estimate of drug-likeness (QED) is 0.853. The van der Waals surface area contributed by atoms with Crippen molar-refractivity contribution in [1.29, 1.82) is 0 Å². The maximum Gasteiger partial charge on any atom is 0.317 e. The Hall–Kier alpha value is -1.66. The second-order valence-corrected chi connectivity index (χ2v) is 7.17. The Bertz CT molecular complexity index is 597. The minimum absolute atomic E-state index is 0.0238. The van der Waals surface area contributed by atoms with Gasteiger partial charge in [0.25, 0.3) is 0 Å². The van der Waals surface area contributed by atoms with Crippen LogP contribution in [0.15, 0.2) is 18.2 Å². The van der Waals surface area contributed by atoms with Crippen molar-refractivity contribution < 1.29 is 14.6 Å². The largest absolute Gasteiger partial charge is 0.392 e. The summed E-state index contributed by atoms with van der Waals surface area (Å²) in [7, 11) is 0. The van der Waals surface area contributed by atoms with Gasteiger partial charge in [0.1, 0.15) is 0 Å². The number of rotatable bonds is 5. The molecule has 25 heavy (non-hydrogen) atoms. The zero-order chi connectivity index (χ0) is 17.9. The lowest BCUT2D eigenvalue weighted by Crippen LogP contribution is -2.63. The van der Waals surface area contributed by atoms with Crippen molar-refractivity contribution in [1.82, 2.24) is 15.2 Å². The van der Waals surface area contributed by atoms with E-state index in [0.29, 0.717) is 26.2 Å². The molecule has 1 spiro atoms. The molecule has 138 valence electrons. The van der Waals surface area contributed by atoms with Crippen LogP contribution in [0.1, 0.15) is 37.6 Å². The molecule has 2 amide bonds. The highest BCUT2D eigenvalue weighted by Gasteiger charge is 2.56. The van der Waals surface area contributed by atoms with E-state index >= 15 is 0 Å². The number of hydrogen-bond acceptors (Lipinski definition) is 4. The molecule has 0 unspecified atom stereocenters. The number of nitrogens with zero attached hydrogens (tertiary/aromatic N) is 2. The van der Waals surface area contributed by atoms with Gasteiger partial charge in [-0.1, -0.05) is 6.07 Å². The maximum atomic E-state index is 12.4. The Kier molecular flexibility index (Phi) is 5.59. The third kappa shape index (κ3) is 3.80. The van der Waals surface area contributed by atoms with Gasteiger partial charge in [-0.2, -0.15) is 0 Å². The molecule has 2 aliphatic rings. The Morgan fingerprint density at radius 3 is 2.84 bits per heavy atom. The molecule has 0 aromatic carbocycles. The number of amides is 2. The van der Waals surface area contributed by atoms with Gasteiger partial charge in [0.05, 0.1) is 12.2 Å². The van der Waals surface area contributed by atoms with Gasteiger partial charge in [-0.25, -0.2) is 4.79 Å². The van der Waals surface area contributed by atoms with Crippen LogP contribution in [0.3, 0.4) is 0 Å². The first-order chi connectivity index (χ1) is 12.0. The van der Waals surface area contributed by atoms with E-state index in [1.165, 1.54) is 0 Å². The number of carbonyl (C=O) groups is 1. The molecule has 6 nitrogen and oxygen atoms in total. The summed E-state index contributed by atoms with van der Waals surface area (Å²) in [5, 5.41) is 13.2. The fraction of sp³-hybridized carbons (Fsp3) is 0.684. The number of hydrogen-bond donors (Lipinski definition) is 2. The lowest BCUT2D eigenvalue weighted by atomic mass is 9.58. The maximum absolute atomic E-state index is 12.4. The Labute approximate surface area is 149 Å². The van der Waals surface area contributed by atoms with Crippen LogP contribution in [-0.4, -0.2) is 59.5 Å². The van der Waals surface area contributed by atoms with Gasteiger partial charge in [-0.15, -0.1) is 0 Å². The second-order valence-electron chi connectivity index (χ2n) is 7.17. The highest BCUT2D eigenvalue weighted by atomic mass is 16.5. The van der Waals surface area contributed by atoms with Gasteiger partial charge < -0.3 is 20.1 Å². The molecule has 2 fully saturated rings. The van der Waals surface area contributed by atoms with Crippen LogP contribution in [0.4, 0.5) is 4.79 Å². The predicted molar refractivity (Wildman–Crippen MR) is 95.4 cm³/mol. The number of aliphatic hydroxyl groups excluding tert-OH is 1. The molecule has 6 heteroatoms. The van der Waals surface area contributed by atoms with E-state index in [0.717, 1.165) is 37.1 Å². The Morgan fingerprint density at radius 2 is 2.20 bits per heavy atom. The van der Waals surface area contributed by atoms with Crippen molar-refractivity contribution in [2.24, 2.45) is 5.41 Å². The Balaban J connectivity index is 1.44. The molecule has 1 saturated heterocycles. The predicted octanol–water partition coefficient (Wildman–Crippen LogP) is 1.89. The van der Waals surface area contributed by atoms with Crippen molar-refractivity contribution in [3.8, 4) is 0 Å². The molecular formula is C19H29N3O3. The van der Waals surface area contributed by atoms with Crippen molar-refractivity contribution >= 4 is 6.03 Å². The highest BCUT2D eigenvalue weighted by molar-refractivity contribution is 5.74. The van der Waals surface area contributed by atoms with Crippen molar-refractivity contribution in [3.63, 3.8) is 0 Å². The molecule has 2 heterocycles. The number of pyridine rings is 1. The monoisotopic (exact) mass is 347 g/mol. The van der Waals surface area contributed by atoms with Crippen molar-refractivity contribution in [3.05, 3.63) is 29.6 Å².